The van der Waals surface area contributed by atoms with Crippen LogP contribution in [0.4, 0.5) is 0 Å². The molecule has 0 saturated heterocycles. The zero-order valence-corrected chi connectivity index (χ0v) is 12.7. The van der Waals surface area contributed by atoms with Gasteiger partial charge < -0.3 is 5.73 Å². The van der Waals surface area contributed by atoms with Crippen molar-refractivity contribution in [2.24, 2.45) is 5.73 Å². The molecule has 0 aliphatic carbocycles. The van der Waals surface area contributed by atoms with E-state index < -0.39 is 0 Å². The standard InChI is InChI=1S/C8H11N.C4H10.C3H6.C2H4/c1-7-4-2-3-5-8(7)6-9;1-3-4-2;1-3-2;1-2/h2-5H,6,9H2,1H3;3-4H2,1-2H3;3H,1H2,2H3;1-2H2. The lowest BCUT2D eigenvalue weighted by molar-refractivity contribution is 0.886. The second-order valence-corrected chi connectivity index (χ2v) is 3.54. The van der Waals surface area contributed by atoms with E-state index in [2.05, 4.69) is 52.6 Å². The molecule has 1 heteroatoms. The van der Waals surface area contributed by atoms with Crippen LogP contribution < -0.4 is 5.73 Å². The van der Waals surface area contributed by atoms with E-state index in [1.165, 1.54) is 24.0 Å². The summed E-state index contributed by atoms with van der Waals surface area (Å²) >= 11 is 0. The van der Waals surface area contributed by atoms with Gasteiger partial charge in [0.15, 0.2) is 0 Å². The summed E-state index contributed by atoms with van der Waals surface area (Å²) in [4.78, 5) is 0. The van der Waals surface area contributed by atoms with Crippen molar-refractivity contribution in [2.45, 2.75) is 47.1 Å². The number of rotatable bonds is 2. The zero-order valence-electron chi connectivity index (χ0n) is 12.7. The summed E-state index contributed by atoms with van der Waals surface area (Å²) in [6, 6.07) is 8.15. The topological polar surface area (TPSA) is 26.0 Å². The lowest BCUT2D eigenvalue weighted by Crippen LogP contribution is -1.97. The highest BCUT2D eigenvalue weighted by atomic mass is 14.5. The molecule has 1 rings (SSSR count). The van der Waals surface area contributed by atoms with E-state index in [9.17, 15) is 0 Å². The van der Waals surface area contributed by atoms with Crippen molar-refractivity contribution in [3.8, 4) is 0 Å². The quantitative estimate of drug-likeness (QED) is 0.711. The van der Waals surface area contributed by atoms with Gasteiger partial charge in [-0.25, -0.2) is 0 Å². The summed E-state index contributed by atoms with van der Waals surface area (Å²) in [5.74, 6) is 0. The van der Waals surface area contributed by atoms with Crippen molar-refractivity contribution in [2.75, 3.05) is 0 Å². The Morgan fingerprint density at radius 3 is 1.72 bits per heavy atom. The third kappa shape index (κ3) is 17.1. The summed E-state index contributed by atoms with van der Waals surface area (Å²) in [5, 5.41) is 0. The molecule has 1 aromatic carbocycles. The Hall–Kier alpha value is -1.34. The number of nitrogens with two attached hydrogens (primary N) is 1. The van der Waals surface area contributed by atoms with Crippen LogP contribution in [-0.4, -0.2) is 0 Å². The van der Waals surface area contributed by atoms with Gasteiger partial charge in [0.05, 0.1) is 0 Å². The van der Waals surface area contributed by atoms with Crippen LogP contribution in [0.15, 0.2) is 50.1 Å². The molecule has 0 fully saturated rings. The Morgan fingerprint density at radius 2 is 1.50 bits per heavy atom. The Morgan fingerprint density at radius 1 is 1.11 bits per heavy atom. The molecule has 0 heterocycles. The summed E-state index contributed by atoms with van der Waals surface area (Å²) < 4.78 is 0. The lowest BCUT2D eigenvalue weighted by atomic mass is 10.1. The van der Waals surface area contributed by atoms with Gasteiger partial charge in [-0.1, -0.05) is 57.0 Å². The first-order valence-corrected chi connectivity index (χ1v) is 6.49. The van der Waals surface area contributed by atoms with E-state index >= 15 is 0 Å². The summed E-state index contributed by atoms with van der Waals surface area (Å²) in [6.45, 7) is 18.3. The predicted molar refractivity (Wildman–Crippen MR) is 86.8 cm³/mol. The Balaban J connectivity index is -0.000000212. The maximum absolute atomic E-state index is 5.45. The highest BCUT2D eigenvalue weighted by Gasteiger charge is 1.89. The van der Waals surface area contributed by atoms with E-state index in [4.69, 9.17) is 5.73 Å². The molecule has 0 aliphatic heterocycles. The maximum atomic E-state index is 5.45. The number of hydrogen-bond donors (Lipinski definition) is 1. The number of allylic oxidation sites excluding steroid dienone is 1. The van der Waals surface area contributed by atoms with E-state index in [0.717, 1.165) is 0 Å². The second kappa shape index (κ2) is 21.0. The van der Waals surface area contributed by atoms with Gasteiger partial charge in [-0.15, -0.1) is 19.7 Å². The highest BCUT2D eigenvalue weighted by molar-refractivity contribution is 5.24. The van der Waals surface area contributed by atoms with Crippen LogP contribution in [0.3, 0.4) is 0 Å². The molecular weight excluding hydrogens is 218 g/mol. The van der Waals surface area contributed by atoms with Gasteiger partial charge in [0.25, 0.3) is 0 Å². The molecule has 0 aromatic heterocycles. The van der Waals surface area contributed by atoms with Crippen LogP contribution in [0.2, 0.25) is 0 Å². The zero-order chi connectivity index (χ0) is 14.8. The molecule has 2 N–H and O–H groups in total. The third-order valence-corrected chi connectivity index (χ3v) is 1.98. The summed E-state index contributed by atoms with van der Waals surface area (Å²) in [7, 11) is 0. The van der Waals surface area contributed by atoms with Crippen molar-refractivity contribution < 1.29 is 0 Å². The van der Waals surface area contributed by atoms with Crippen LogP contribution >= 0.6 is 0 Å². The van der Waals surface area contributed by atoms with E-state index in [1.807, 2.05) is 19.1 Å². The van der Waals surface area contributed by atoms with Crippen molar-refractivity contribution in [1.82, 2.24) is 0 Å². The fourth-order valence-corrected chi connectivity index (χ4v) is 0.839. The van der Waals surface area contributed by atoms with E-state index in [0.29, 0.717) is 6.54 Å². The molecule has 0 unspecified atom stereocenters. The van der Waals surface area contributed by atoms with Crippen molar-refractivity contribution in [1.29, 1.82) is 0 Å². The van der Waals surface area contributed by atoms with Crippen LogP contribution in [0.25, 0.3) is 0 Å². The van der Waals surface area contributed by atoms with Crippen molar-refractivity contribution in [3.05, 3.63) is 61.2 Å². The molecule has 0 aliphatic rings. The Labute approximate surface area is 114 Å². The molecule has 0 saturated carbocycles. The molecule has 18 heavy (non-hydrogen) atoms. The Kier molecular flexibility index (Phi) is 25.5. The molecular formula is C17H31N. The molecule has 1 aromatic rings. The number of hydrogen-bond acceptors (Lipinski definition) is 1. The minimum Gasteiger partial charge on any atom is -0.326 e. The first-order valence-electron chi connectivity index (χ1n) is 6.49. The number of unbranched alkanes of at least 4 members (excludes halogenated alkanes) is 1. The molecule has 0 spiro atoms. The molecule has 0 bridgehead atoms. The lowest BCUT2D eigenvalue weighted by Gasteiger charge is -1.98. The van der Waals surface area contributed by atoms with Gasteiger partial charge in [0.2, 0.25) is 0 Å². The van der Waals surface area contributed by atoms with Crippen molar-refractivity contribution >= 4 is 0 Å². The fourth-order valence-electron chi connectivity index (χ4n) is 0.839. The summed E-state index contributed by atoms with van der Waals surface area (Å²) in [5.41, 5.74) is 7.96. The maximum Gasteiger partial charge on any atom is 0.0180 e. The monoisotopic (exact) mass is 249 g/mol. The van der Waals surface area contributed by atoms with E-state index in [-0.39, 0.29) is 0 Å². The van der Waals surface area contributed by atoms with Crippen LogP contribution in [-0.2, 0) is 6.54 Å². The highest BCUT2D eigenvalue weighted by Crippen LogP contribution is 2.04. The van der Waals surface area contributed by atoms with Gasteiger partial charge in [0, 0.05) is 6.54 Å². The van der Waals surface area contributed by atoms with E-state index in [1.54, 1.807) is 6.08 Å². The van der Waals surface area contributed by atoms with Crippen molar-refractivity contribution in [3.63, 3.8) is 0 Å². The Bertz CT molecular complexity index is 264. The molecule has 0 radical (unpaired) electrons. The fraction of sp³-hybridized carbons (Fsp3) is 0.412. The van der Waals surface area contributed by atoms with Crippen LogP contribution in [0.1, 0.15) is 44.7 Å². The smallest absolute Gasteiger partial charge is 0.0180 e. The first-order chi connectivity index (χ1) is 8.67. The van der Waals surface area contributed by atoms with Gasteiger partial charge in [-0.05, 0) is 25.0 Å². The molecule has 1 nitrogen and oxygen atoms in total. The van der Waals surface area contributed by atoms with Gasteiger partial charge in [-0.3, -0.25) is 0 Å². The normalized spacial score (nSPS) is 7.39. The van der Waals surface area contributed by atoms with Gasteiger partial charge >= 0.3 is 0 Å². The largest absolute Gasteiger partial charge is 0.326 e. The second-order valence-electron chi connectivity index (χ2n) is 3.54. The SMILES string of the molecule is C=C.C=CC.CCCC.Cc1ccccc1CN. The van der Waals surface area contributed by atoms with Gasteiger partial charge in [0.1, 0.15) is 0 Å². The van der Waals surface area contributed by atoms with Crippen LogP contribution in [0.5, 0.6) is 0 Å². The minimum absolute atomic E-state index is 0.646. The minimum atomic E-state index is 0.646. The van der Waals surface area contributed by atoms with Gasteiger partial charge in [-0.2, -0.15) is 0 Å². The van der Waals surface area contributed by atoms with Crippen LogP contribution in [0, 0.1) is 6.92 Å². The first kappa shape index (κ1) is 21.9. The number of benzene rings is 1. The molecule has 0 amide bonds. The third-order valence-electron chi connectivity index (χ3n) is 1.98. The average molecular weight is 249 g/mol. The predicted octanol–water partition coefficient (Wildman–Crippen LogP) is 5.25. The number of aryl methyl sites for hydroxylation is 1. The average Bonchev–Trinajstić information content (AvgIpc) is 2.43. The summed E-state index contributed by atoms with van der Waals surface area (Å²) in [6.07, 6.45) is 4.39. The molecule has 104 valence electrons. The molecule has 0 atom stereocenters.